The van der Waals surface area contributed by atoms with Crippen LogP contribution in [0.1, 0.15) is 42.9 Å². The molecule has 0 saturated heterocycles. The van der Waals surface area contributed by atoms with Crippen LogP contribution in [0.15, 0.2) is 18.2 Å². The summed E-state index contributed by atoms with van der Waals surface area (Å²) >= 11 is 0. The molecule has 0 amide bonds. The second-order valence-electron chi connectivity index (χ2n) is 4.08. The molecule has 0 aromatic heterocycles. The molecule has 2 atom stereocenters. The smallest absolute Gasteiger partial charge is 0.119 e. The monoisotopic (exact) mass is 191 g/mol. The summed E-state index contributed by atoms with van der Waals surface area (Å²) in [4.78, 5) is 0. The molecule has 2 unspecified atom stereocenters. The summed E-state index contributed by atoms with van der Waals surface area (Å²) in [5.41, 5.74) is 8.74. The van der Waals surface area contributed by atoms with E-state index in [1.54, 1.807) is 7.11 Å². The molecule has 1 aromatic carbocycles. The lowest BCUT2D eigenvalue weighted by atomic mass is 9.81. The molecule has 0 aliphatic heterocycles. The molecular weight excluding hydrogens is 174 g/mol. The van der Waals surface area contributed by atoms with Crippen LogP contribution in [0.2, 0.25) is 0 Å². The van der Waals surface area contributed by atoms with Gasteiger partial charge in [0.2, 0.25) is 0 Å². The molecule has 0 heterocycles. The van der Waals surface area contributed by atoms with Crippen molar-refractivity contribution >= 4 is 0 Å². The van der Waals surface area contributed by atoms with Crippen LogP contribution in [0.25, 0.3) is 0 Å². The van der Waals surface area contributed by atoms with Gasteiger partial charge >= 0.3 is 0 Å². The first-order valence-corrected chi connectivity index (χ1v) is 5.15. The second kappa shape index (κ2) is 3.62. The van der Waals surface area contributed by atoms with Crippen molar-refractivity contribution in [3.8, 4) is 5.75 Å². The zero-order chi connectivity index (χ0) is 10.1. The van der Waals surface area contributed by atoms with Crippen molar-refractivity contribution in [3.63, 3.8) is 0 Å². The van der Waals surface area contributed by atoms with E-state index in [0.717, 1.165) is 12.2 Å². The Balaban J connectivity index is 2.45. The summed E-state index contributed by atoms with van der Waals surface area (Å²) in [7, 11) is 1.69. The SMILES string of the molecule is COc1ccc2c(c1)C(N)CCC2C. The lowest BCUT2D eigenvalue weighted by molar-refractivity contribution is 0.411. The van der Waals surface area contributed by atoms with Gasteiger partial charge in [-0.3, -0.25) is 0 Å². The van der Waals surface area contributed by atoms with E-state index in [2.05, 4.69) is 19.1 Å². The quantitative estimate of drug-likeness (QED) is 0.740. The molecule has 1 aliphatic rings. The predicted molar refractivity (Wildman–Crippen MR) is 57.6 cm³/mol. The second-order valence-corrected chi connectivity index (χ2v) is 4.08. The van der Waals surface area contributed by atoms with Gasteiger partial charge in [-0.1, -0.05) is 13.0 Å². The summed E-state index contributed by atoms with van der Waals surface area (Å²) in [5.74, 6) is 1.55. The highest BCUT2D eigenvalue weighted by Crippen LogP contribution is 2.37. The Morgan fingerprint density at radius 1 is 1.29 bits per heavy atom. The first-order chi connectivity index (χ1) is 6.72. The molecule has 1 aliphatic carbocycles. The third-order valence-electron chi connectivity index (χ3n) is 3.14. The Hall–Kier alpha value is -1.02. The molecule has 1 aromatic rings. The van der Waals surface area contributed by atoms with Gasteiger partial charge in [0, 0.05) is 6.04 Å². The first-order valence-electron chi connectivity index (χ1n) is 5.15. The minimum atomic E-state index is 0.191. The van der Waals surface area contributed by atoms with E-state index in [1.165, 1.54) is 17.5 Å². The van der Waals surface area contributed by atoms with E-state index < -0.39 is 0 Å². The van der Waals surface area contributed by atoms with Crippen molar-refractivity contribution in [2.24, 2.45) is 5.73 Å². The van der Waals surface area contributed by atoms with E-state index in [9.17, 15) is 0 Å². The molecular formula is C12H17NO. The summed E-state index contributed by atoms with van der Waals surface area (Å²) in [5, 5.41) is 0. The predicted octanol–water partition coefficient (Wildman–Crippen LogP) is 2.59. The molecule has 2 nitrogen and oxygen atoms in total. The van der Waals surface area contributed by atoms with Crippen LogP contribution in [0.4, 0.5) is 0 Å². The average Bonchev–Trinajstić information content (AvgIpc) is 2.23. The fraction of sp³-hybridized carbons (Fsp3) is 0.500. The fourth-order valence-corrected chi connectivity index (χ4v) is 2.19. The molecule has 2 rings (SSSR count). The minimum absolute atomic E-state index is 0.191. The van der Waals surface area contributed by atoms with Gasteiger partial charge in [0.25, 0.3) is 0 Å². The Morgan fingerprint density at radius 3 is 2.79 bits per heavy atom. The van der Waals surface area contributed by atoms with Crippen LogP contribution >= 0.6 is 0 Å². The molecule has 14 heavy (non-hydrogen) atoms. The van der Waals surface area contributed by atoms with E-state index >= 15 is 0 Å². The summed E-state index contributed by atoms with van der Waals surface area (Å²) in [6.45, 7) is 2.26. The third kappa shape index (κ3) is 1.50. The highest BCUT2D eigenvalue weighted by molar-refractivity contribution is 5.40. The number of methoxy groups -OCH3 is 1. The van der Waals surface area contributed by atoms with Crippen molar-refractivity contribution in [2.75, 3.05) is 7.11 Å². The largest absolute Gasteiger partial charge is 0.497 e. The van der Waals surface area contributed by atoms with Gasteiger partial charge in [0.05, 0.1) is 7.11 Å². The standard InChI is InChI=1S/C12H17NO/c1-8-3-6-12(13)11-7-9(14-2)4-5-10(8)11/h4-5,7-8,12H,3,6,13H2,1-2H3. The lowest BCUT2D eigenvalue weighted by Crippen LogP contribution is -2.19. The Kier molecular flexibility index (Phi) is 2.46. The van der Waals surface area contributed by atoms with E-state index in [-0.39, 0.29) is 6.04 Å². The first kappa shape index (κ1) is 9.53. The highest BCUT2D eigenvalue weighted by Gasteiger charge is 2.22. The number of ether oxygens (including phenoxy) is 1. The van der Waals surface area contributed by atoms with Crippen LogP contribution in [-0.2, 0) is 0 Å². The molecule has 0 spiro atoms. The van der Waals surface area contributed by atoms with Crippen LogP contribution in [0.3, 0.4) is 0 Å². The van der Waals surface area contributed by atoms with Crippen molar-refractivity contribution < 1.29 is 4.74 Å². The van der Waals surface area contributed by atoms with Crippen LogP contribution in [0, 0.1) is 0 Å². The van der Waals surface area contributed by atoms with Crippen LogP contribution < -0.4 is 10.5 Å². The van der Waals surface area contributed by atoms with Gasteiger partial charge in [0.15, 0.2) is 0 Å². The van der Waals surface area contributed by atoms with Crippen molar-refractivity contribution in [1.29, 1.82) is 0 Å². The maximum atomic E-state index is 6.08. The van der Waals surface area contributed by atoms with Gasteiger partial charge in [-0.2, -0.15) is 0 Å². The fourth-order valence-electron chi connectivity index (χ4n) is 2.19. The van der Waals surface area contributed by atoms with Crippen molar-refractivity contribution in [2.45, 2.75) is 31.7 Å². The van der Waals surface area contributed by atoms with E-state index in [0.29, 0.717) is 5.92 Å². The van der Waals surface area contributed by atoms with Gasteiger partial charge < -0.3 is 10.5 Å². The lowest BCUT2D eigenvalue weighted by Gasteiger charge is -2.27. The zero-order valence-electron chi connectivity index (χ0n) is 8.79. The van der Waals surface area contributed by atoms with Gasteiger partial charge in [-0.25, -0.2) is 0 Å². The number of hydrogen-bond acceptors (Lipinski definition) is 2. The number of benzene rings is 1. The summed E-state index contributed by atoms with van der Waals surface area (Å²) in [6, 6.07) is 6.44. The molecule has 76 valence electrons. The van der Waals surface area contributed by atoms with Gasteiger partial charge in [-0.05, 0) is 42.0 Å². The molecule has 0 radical (unpaired) electrons. The molecule has 0 bridgehead atoms. The third-order valence-corrected chi connectivity index (χ3v) is 3.14. The normalized spacial score (nSPS) is 25.6. The number of hydrogen-bond donors (Lipinski definition) is 1. The van der Waals surface area contributed by atoms with Crippen molar-refractivity contribution in [1.82, 2.24) is 0 Å². The van der Waals surface area contributed by atoms with Crippen molar-refractivity contribution in [3.05, 3.63) is 29.3 Å². The van der Waals surface area contributed by atoms with Crippen LogP contribution in [-0.4, -0.2) is 7.11 Å². The minimum Gasteiger partial charge on any atom is -0.497 e. The Morgan fingerprint density at radius 2 is 2.07 bits per heavy atom. The summed E-state index contributed by atoms with van der Waals surface area (Å²) < 4.78 is 5.21. The summed E-state index contributed by atoms with van der Waals surface area (Å²) in [6.07, 6.45) is 2.28. The van der Waals surface area contributed by atoms with Crippen LogP contribution in [0.5, 0.6) is 5.75 Å². The Labute approximate surface area is 85.1 Å². The van der Waals surface area contributed by atoms with Gasteiger partial charge in [-0.15, -0.1) is 0 Å². The molecule has 2 heteroatoms. The topological polar surface area (TPSA) is 35.2 Å². The average molecular weight is 191 g/mol. The number of fused-ring (bicyclic) bond motifs is 1. The molecule has 0 saturated carbocycles. The highest BCUT2D eigenvalue weighted by atomic mass is 16.5. The van der Waals surface area contributed by atoms with E-state index in [4.69, 9.17) is 10.5 Å². The molecule has 2 N–H and O–H groups in total. The number of nitrogens with two attached hydrogens (primary N) is 1. The maximum Gasteiger partial charge on any atom is 0.119 e. The number of rotatable bonds is 1. The van der Waals surface area contributed by atoms with E-state index in [1.807, 2.05) is 6.07 Å². The Bertz CT molecular complexity index is 335. The zero-order valence-corrected chi connectivity index (χ0v) is 8.79. The molecule has 0 fully saturated rings. The maximum absolute atomic E-state index is 6.08. The van der Waals surface area contributed by atoms with Gasteiger partial charge in [0.1, 0.15) is 5.75 Å².